The zero-order chi connectivity index (χ0) is 50.9. The SMILES string of the molecule is CCC(CO)OC(CO)OC.CCC(CO)OC(COC(=O)CCCC(=O)NCCCOCCCCCCCCCNC(=O)CBr)OC.CCC(COC(=O)CCCC(=O)O)OC(CO)OC. The summed E-state index contributed by atoms with van der Waals surface area (Å²) in [6.07, 6.45) is 8.66. The van der Waals surface area contributed by atoms with Crippen LogP contribution in [-0.4, -0.2) is 185 Å². The molecule has 0 rings (SSSR count). The Balaban J connectivity index is -0.00000112. The summed E-state index contributed by atoms with van der Waals surface area (Å²) in [5.41, 5.74) is 0. The molecule has 0 aromatic heterocycles. The number of methoxy groups -OCH3 is 3. The van der Waals surface area contributed by atoms with Gasteiger partial charge in [-0.3, -0.25) is 24.0 Å². The second-order valence-corrected chi connectivity index (χ2v) is 15.5. The van der Waals surface area contributed by atoms with Crippen LogP contribution in [0.3, 0.4) is 0 Å². The van der Waals surface area contributed by atoms with Gasteiger partial charge in [-0.15, -0.1) is 0 Å². The van der Waals surface area contributed by atoms with Crippen LogP contribution in [0.5, 0.6) is 0 Å². The smallest absolute Gasteiger partial charge is 0.305 e. The van der Waals surface area contributed by atoms with Gasteiger partial charge in [0.1, 0.15) is 13.2 Å². The molecule has 0 aliphatic heterocycles. The molecule has 2 amide bonds. The van der Waals surface area contributed by atoms with Crippen molar-refractivity contribution in [1.82, 2.24) is 10.6 Å². The Kier molecular flexibility index (Phi) is 52.5. The molecule has 6 atom stereocenters. The highest BCUT2D eigenvalue weighted by atomic mass is 79.9. The number of carboxylic acid groups (broad SMARTS) is 1. The summed E-state index contributed by atoms with van der Waals surface area (Å²) in [7, 11) is 4.30. The van der Waals surface area contributed by atoms with Crippen molar-refractivity contribution in [2.45, 2.75) is 167 Å². The lowest BCUT2D eigenvalue weighted by Crippen LogP contribution is -2.30. The first-order valence-corrected chi connectivity index (χ1v) is 24.6. The van der Waals surface area contributed by atoms with E-state index in [1.807, 2.05) is 20.8 Å². The average Bonchev–Trinajstić information content (AvgIpc) is 3.33. The van der Waals surface area contributed by atoms with Crippen molar-refractivity contribution in [3.05, 3.63) is 0 Å². The fourth-order valence-electron chi connectivity index (χ4n) is 5.29. The van der Waals surface area contributed by atoms with Gasteiger partial charge in [-0.1, -0.05) is 68.8 Å². The predicted octanol–water partition coefficient (Wildman–Crippen LogP) is 3.51. The summed E-state index contributed by atoms with van der Waals surface area (Å²) in [6, 6.07) is 0. The van der Waals surface area contributed by atoms with Crippen LogP contribution in [-0.2, 0) is 66.6 Å². The van der Waals surface area contributed by atoms with Gasteiger partial charge in [0, 0.05) is 73.3 Å². The molecule has 0 fully saturated rings. The Morgan fingerprint density at radius 2 is 0.925 bits per heavy atom. The Bertz CT molecular complexity index is 1150. The second-order valence-electron chi connectivity index (χ2n) is 15.0. The number of halogens is 1. The lowest BCUT2D eigenvalue weighted by Gasteiger charge is -2.21. The molecule has 22 heteroatoms. The number of carboxylic acids is 1. The normalized spacial score (nSPS) is 13.6. The van der Waals surface area contributed by atoms with E-state index < -0.39 is 36.8 Å². The van der Waals surface area contributed by atoms with Gasteiger partial charge in [-0.25, -0.2) is 0 Å². The molecule has 0 aromatic rings. The number of carbonyl (C=O) groups is 5. The minimum absolute atomic E-state index is 0.0439. The molecule has 0 saturated carbocycles. The Morgan fingerprint density at radius 3 is 1.40 bits per heavy atom. The lowest BCUT2D eigenvalue weighted by atomic mass is 10.1. The van der Waals surface area contributed by atoms with Crippen LogP contribution < -0.4 is 10.6 Å². The molecule has 0 spiro atoms. The highest BCUT2D eigenvalue weighted by Crippen LogP contribution is 2.09. The molecule has 0 heterocycles. The van der Waals surface area contributed by atoms with Crippen LogP contribution in [0.1, 0.15) is 130 Å². The quantitative estimate of drug-likeness (QED) is 0.0199. The van der Waals surface area contributed by atoms with Crippen LogP contribution in [0.15, 0.2) is 0 Å². The largest absolute Gasteiger partial charge is 0.481 e. The van der Waals surface area contributed by atoms with Gasteiger partial charge in [-0.2, -0.15) is 0 Å². The molecular weight excluding hydrogens is 952 g/mol. The number of hydrogen-bond donors (Lipinski definition) is 7. The van der Waals surface area contributed by atoms with E-state index in [0.717, 1.165) is 45.3 Å². The lowest BCUT2D eigenvalue weighted by molar-refractivity contribution is -0.194. The number of esters is 2. The van der Waals surface area contributed by atoms with Gasteiger partial charge in [0.05, 0.1) is 50.1 Å². The van der Waals surface area contributed by atoms with Crippen LogP contribution in [0.2, 0.25) is 0 Å². The number of alkyl halides is 1. The monoisotopic (exact) mass is 1040 g/mol. The summed E-state index contributed by atoms with van der Waals surface area (Å²) in [6.45, 7) is 7.65. The van der Waals surface area contributed by atoms with Gasteiger partial charge < -0.3 is 78.8 Å². The van der Waals surface area contributed by atoms with Gasteiger partial charge in [0.15, 0.2) is 18.9 Å². The molecule has 0 aliphatic carbocycles. The summed E-state index contributed by atoms with van der Waals surface area (Å²) >= 11 is 3.13. The summed E-state index contributed by atoms with van der Waals surface area (Å²) in [4.78, 5) is 56.4. The van der Waals surface area contributed by atoms with E-state index in [-0.39, 0.29) is 102 Å². The Labute approximate surface area is 407 Å². The first kappa shape index (κ1) is 68.7. The number of rotatable bonds is 43. The number of aliphatic hydroxyl groups excluding tert-OH is 4. The number of aliphatic carboxylic acids is 1. The van der Waals surface area contributed by atoms with Crippen molar-refractivity contribution in [2.24, 2.45) is 0 Å². The summed E-state index contributed by atoms with van der Waals surface area (Å²) < 4.78 is 46.4. The molecule has 0 aliphatic rings. The van der Waals surface area contributed by atoms with Crippen molar-refractivity contribution in [3.8, 4) is 0 Å². The standard InChI is InChI=1S/C26H49BrN2O8.C12H22O7.C7H16O4/c1-3-22(20-30)37-26(34-2)21-36-25(33)14-11-13-23(31)28-16-12-18-35-17-10-8-6-4-5-7-9-15-29-24(32)19-27;1-3-9(19-12(7-13)17-2)8-18-11(16)6-4-5-10(14)15;1-3-6(4-8)11-7(5-9)10-2/h22,26,30H,3-21H2,1-2H3,(H,28,31)(H,29,32);9,12-13H,3-8H2,1-2H3,(H,14,15);6-9H,3-5H2,1-2H3. The van der Waals surface area contributed by atoms with Gasteiger partial charge >= 0.3 is 17.9 Å². The summed E-state index contributed by atoms with van der Waals surface area (Å²) in [5, 5.41) is 49.9. The van der Waals surface area contributed by atoms with Crippen molar-refractivity contribution in [2.75, 3.05) is 92.6 Å². The summed E-state index contributed by atoms with van der Waals surface area (Å²) in [5.74, 6) is -1.86. The molecule has 21 nitrogen and oxygen atoms in total. The zero-order valence-electron chi connectivity index (χ0n) is 41.1. The van der Waals surface area contributed by atoms with E-state index in [9.17, 15) is 24.0 Å². The average molecular weight is 1040 g/mol. The van der Waals surface area contributed by atoms with E-state index >= 15 is 0 Å². The van der Waals surface area contributed by atoms with Gasteiger partial charge in [-0.05, 0) is 51.4 Å². The number of ether oxygens (including phenoxy) is 9. The highest BCUT2D eigenvalue weighted by Gasteiger charge is 2.18. The highest BCUT2D eigenvalue weighted by molar-refractivity contribution is 9.09. The Hall–Kier alpha value is -2.61. The number of amides is 2. The zero-order valence-corrected chi connectivity index (χ0v) is 42.7. The van der Waals surface area contributed by atoms with Crippen molar-refractivity contribution in [3.63, 3.8) is 0 Å². The third kappa shape index (κ3) is 46.9. The minimum atomic E-state index is -0.937. The molecule has 0 aromatic carbocycles. The number of nitrogens with one attached hydrogen (secondary N) is 2. The molecule has 0 bridgehead atoms. The number of aliphatic hydroxyl groups is 4. The number of hydrogen-bond acceptors (Lipinski definition) is 18. The molecule has 0 radical (unpaired) electrons. The van der Waals surface area contributed by atoms with Gasteiger partial charge in [0.2, 0.25) is 11.8 Å². The van der Waals surface area contributed by atoms with E-state index in [4.69, 9.17) is 68.2 Å². The van der Waals surface area contributed by atoms with Crippen molar-refractivity contribution < 1.29 is 92.1 Å². The second kappa shape index (κ2) is 51.2. The number of unbranched alkanes of at least 4 members (excludes halogenated alkanes) is 6. The third-order valence-corrected chi connectivity index (χ3v) is 9.97. The van der Waals surface area contributed by atoms with E-state index in [1.54, 1.807) is 0 Å². The topological polar surface area (TPSA) is 294 Å². The van der Waals surface area contributed by atoms with Crippen molar-refractivity contribution in [1.29, 1.82) is 0 Å². The van der Waals surface area contributed by atoms with E-state index in [2.05, 4.69) is 26.6 Å². The first-order chi connectivity index (χ1) is 32.3. The maximum Gasteiger partial charge on any atom is 0.305 e. The van der Waals surface area contributed by atoms with E-state index in [1.165, 1.54) is 40.6 Å². The van der Waals surface area contributed by atoms with Crippen LogP contribution in [0, 0.1) is 0 Å². The maximum absolute atomic E-state index is 11.9. The Morgan fingerprint density at radius 1 is 0.493 bits per heavy atom. The van der Waals surface area contributed by atoms with Gasteiger partial charge in [0.25, 0.3) is 0 Å². The minimum Gasteiger partial charge on any atom is -0.481 e. The molecule has 7 N–H and O–H groups in total. The first-order valence-electron chi connectivity index (χ1n) is 23.5. The van der Waals surface area contributed by atoms with Crippen LogP contribution in [0.4, 0.5) is 0 Å². The van der Waals surface area contributed by atoms with E-state index in [0.29, 0.717) is 44.2 Å². The molecule has 6 unspecified atom stereocenters. The predicted molar refractivity (Wildman–Crippen MR) is 251 cm³/mol. The molecule has 67 heavy (non-hydrogen) atoms. The van der Waals surface area contributed by atoms with Crippen molar-refractivity contribution >= 4 is 45.7 Å². The molecule has 0 saturated heterocycles. The fourth-order valence-corrected chi connectivity index (χ4v) is 5.49. The fraction of sp³-hybridized carbons (Fsp3) is 0.889. The third-order valence-electron chi connectivity index (χ3n) is 9.46. The molecule has 398 valence electrons. The number of carbonyl (C=O) groups excluding carboxylic acids is 4. The maximum atomic E-state index is 11.9. The molecular formula is C45H87BrN2O19. The van der Waals surface area contributed by atoms with Crippen LogP contribution >= 0.6 is 15.9 Å². The van der Waals surface area contributed by atoms with Crippen LogP contribution in [0.25, 0.3) is 0 Å².